The molecule has 1 rings (SSSR count). The maximum absolute atomic E-state index is 12.0. The molecule has 0 bridgehead atoms. The fourth-order valence-electron chi connectivity index (χ4n) is 2.38. The zero-order valence-corrected chi connectivity index (χ0v) is 11.5. The van der Waals surface area contributed by atoms with E-state index in [2.05, 4.69) is 12.2 Å². The Balaban J connectivity index is 2.46. The van der Waals surface area contributed by atoms with E-state index in [9.17, 15) is 9.59 Å². The number of carboxylic acid groups (broad SMARTS) is 1. The van der Waals surface area contributed by atoms with Gasteiger partial charge in [-0.25, -0.2) is 4.79 Å². The van der Waals surface area contributed by atoms with Gasteiger partial charge in [-0.3, -0.25) is 4.79 Å². The minimum atomic E-state index is -0.876. The van der Waals surface area contributed by atoms with Crippen LogP contribution in [0.3, 0.4) is 0 Å². The van der Waals surface area contributed by atoms with Crippen LogP contribution in [0.25, 0.3) is 0 Å². The summed E-state index contributed by atoms with van der Waals surface area (Å²) in [6.45, 7) is 3.91. The molecule has 5 heteroatoms. The van der Waals surface area contributed by atoms with Gasteiger partial charge in [0.25, 0.3) is 0 Å². The normalized spacial score (nSPS) is 19.9. The lowest BCUT2D eigenvalue weighted by Gasteiger charge is -2.36. The number of urea groups is 1. The van der Waals surface area contributed by atoms with E-state index < -0.39 is 11.9 Å². The maximum Gasteiger partial charge on any atom is 0.317 e. The standard InChI is InChI=1S/C13H24N2O3/c1-10(11(16)17)9-15(3)12(18)14-13(2)7-5-4-6-8-13/h10H,4-9H2,1-3H3,(H,14,18)(H,16,17). The largest absolute Gasteiger partial charge is 0.481 e. The molecule has 1 aliphatic rings. The van der Waals surface area contributed by atoms with E-state index in [1.807, 2.05) is 0 Å². The number of nitrogens with zero attached hydrogens (tertiary/aromatic N) is 1. The van der Waals surface area contributed by atoms with Gasteiger partial charge >= 0.3 is 12.0 Å². The minimum absolute atomic E-state index is 0.129. The van der Waals surface area contributed by atoms with E-state index in [-0.39, 0.29) is 18.1 Å². The molecule has 0 aliphatic heterocycles. The van der Waals surface area contributed by atoms with E-state index in [4.69, 9.17) is 5.11 Å². The maximum atomic E-state index is 12.0. The number of rotatable bonds is 4. The first-order chi connectivity index (χ1) is 8.34. The van der Waals surface area contributed by atoms with Gasteiger partial charge in [0.05, 0.1) is 5.92 Å². The Morgan fingerprint density at radius 2 is 1.89 bits per heavy atom. The van der Waals surface area contributed by atoms with Crippen LogP contribution in [0.5, 0.6) is 0 Å². The molecule has 0 spiro atoms. The van der Waals surface area contributed by atoms with Gasteiger partial charge in [0.15, 0.2) is 0 Å². The first-order valence-electron chi connectivity index (χ1n) is 6.60. The van der Waals surface area contributed by atoms with E-state index in [0.29, 0.717) is 0 Å². The van der Waals surface area contributed by atoms with E-state index in [0.717, 1.165) is 25.7 Å². The molecule has 1 saturated carbocycles. The SMILES string of the molecule is CC(CN(C)C(=O)NC1(C)CCCCC1)C(=O)O. The molecule has 0 saturated heterocycles. The lowest BCUT2D eigenvalue weighted by atomic mass is 9.83. The molecule has 1 atom stereocenters. The first kappa shape index (κ1) is 14.8. The van der Waals surface area contributed by atoms with Crippen molar-refractivity contribution in [2.24, 2.45) is 5.92 Å². The lowest BCUT2D eigenvalue weighted by molar-refractivity contribution is -0.141. The highest BCUT2D eigenvalue weighted by Gasteiger charge is 2.29. The molecule has 0 aromatic heterocycles. The summed E-state index contributed by atoms with van der Waals surface area (Å²) in [5.41, 5.74) is -0.129. The van der Waals surface area contributed by atoms with Crippen molar-refractivity contribution in [2.45, 2.75) is 51.5 Å². The van der Waals surface area contributed by atoms with E-state index >= 15 is 0 Å². The molecular formula is C13H24N2O3. The van der Waals surface area contributed by atoms with Crippen LogP contribution >= 0.6 is 0 Å². The second-order valence-electron chi connectivity index (χ2n) is 5.67. The zero-order chi connectivity index (χ0) is 13.8. The second-order valence-corrected chi connectivity index (χ2v) is 5.67. The van der Waals surface area contributed by atoms with Gasteiger partial charge in [-0.1, -0.05) is 26.2 Å². The minimum Gasteiger partial charge on any atom is -0.481 e. The molecule has 0 radical (unpaired) electrons. The number of aliphatic carboxylic acids is 1. The number of carbonyl (C=O) groups is 2. The average Bonchev–Trinajstić information content (AvgIpc) is 2.28. The summed E-state index contributed by atoms with van der Waals surface area (Å²) in [5, 5.41) is 11.9. The topological polar surface area (TPSA) is 69.6 Å². The number of hydrogen-bond donors (Lipinski definition) is 2. The van der Waals surface area contributed by atoms with Crippen LogP contribution in [0.15, 0.2) is 0 Å². The Morgan fingerprint density at radius 3 is 2.39 bits per heavy atom. The molecule has 2 amide bonds. The quantitative estimate of drug-likeness (QED) is 0.809. The molecule has 0 aromatic carbocycles. The average molecular weight is 256 g/mol. The monoisotopic (exact) mass is 256 g/mol. The van der Waals surface area contributed by atoms with Crippen molar-refractivity contribution in [3.63, 3.8) is 0 Å². The number of carboxylic acids is 1. The van der Waals surface area contributed by atoms with Crippen LogP contribution in [0.4, 0.5) is 4.79 Å². The third-order valence-electron chi connectivity index (χ3n) is 3.68. The van der Waals surface area contributed by atoms with Gasteiger partial charge in [-0.05, 0) is 19.8 Å². The fraction of sp³-hybridized carbons (Fsp3) is 0.846. The summed E-state index contributed by atoms with van der Waals surface area (Å²) in [5.74, 6) is -1.42. The number of nitrogens with one attached hydrogen (secondary N) is 1. The van der Waals surface area contributed by atoms with Gasteiger partial charge in [0.2, 0.25) is 0 Å². The molecule has 0 aromatic rings. The highest BCUT2D eigenvalue weighted by molar-refractivity contribution is 5.76. The van der Waals surface area contributed by atoms with Crippen LogP contribution in [-0.4, -0.2) is 41.1 Å². The van der Waals surface area contributed by atoms with Crippen molar-refractivity contribution in [3.8, 4) is 0 Å². The predicted octanol–water partition coefficient (Wildman–Crippen LogP) is 2.07. The number of carbonyl (C=O) groups excluding carboxylic acids is 1. The zero-order valence-electron chi connectivity index (χ0n) is 11.5. The van der Waals surface area contributed by atoms with Gasteiger partial charge in [-0.2, -0.15) is 0 Å². The van der Waals surface area contributed by atoms with Gasteiger partial charge in [-0.15, -0.1) is 0 Å². The Bertz CT molecular complexity index is 311. The molecule has 18 heavy (non-hydrogen) atoms. The van der Waals surface area contributed by atoms with Gasteiger partial charge < -0.3 is 15.3 Å². The van der Waals surface area contributed by atoms with Crippen LogP contribution in [0, 0.1) is 5.92 Å². The van der Waals surface area contributed by atoms with Crippen LogP contribution in [0.2, 0.25) is 0 Å². The first-order valence-corrected chi connectivity index (χ1v) is 6.60. The summed E-state index contributed by atoms with van der Waals surface area (Å²) in [4.78, 5) is 24.2. The Hall–Kier alpha value is -1.26. The number of hydrogen-bond acceptors (Lipinski definition) is 2. The molecule has 1 aliphatic carbocycles. The Labute approximate surface area is 109 Å². The summed E-state index contributed by atoms with van der Waals surface area (Å²) < 4.78 is 0. The number of amides is 2. The van der Waals surface area contributed by atoms with Crippen molar-refractivity contribution in [2.75, 3.05) is 13.6 Å². The van der Waals surface area contributed by atoms with Gasteiger partial charge in [0.1, 0.15) is 0 Å². The molecule has 5 nitrogen and oxygen atoms in total. The van der Waals surface area contributed by atoms with E-state index in [1.54, 1.807) is 14.0 Å². The van der Waals surface area contributed by atoms with E-state index in [1.165, 1.54) is 11.3 Å². The van der Waals surface area contributed by atoms with Crippen molar-refractivity contribution >= 4 is 12.0 Å². The smallest absolute Gasteiger partial charge is 0.317 e. The van der Waals surface area contributed by atoms with Crippen molar-refractivity contribution in [1.82, 2.24) is 10.2 Å². The highest BCUT2D eigenvalue weighted by Crippen LogP contribution is 2.27. The van der Waals surface area contributed by atoms with Crippen molar-refractivity contribution < 1.29 is 14.7 Å². The molecule has 2 N–H and O–H groups in total. The highest BCUT2D eigenvalue weighted by atomic mass is 16.4. The van der Waals surface area contributed by atoms with Gasteiger partial charge in [0, 0.05) is 19.1 Å². The summed E-state index contributed by atoms with van der Waals surface area (Å²) in [7, 11) is 1.64. The third kappa shape index (κ3) is 4.20. The van der Waals surface area contributed by atoms with Crippen LogP contribution in [0.1, 0.15) is 46.0 Å². The molecular weight excluding hydrogens is 232 g/mol. The molecule has 0 heterocycles. The summed E-state index contributed by atoms with van der Waals surface area (Å²) in [6, 6.07) is -0.174. The molecule has 1 unspecified atom stereocenters. The molecule has 1 fully saturated rings. The fourth-order valence-corrected chi connectivity index (χ4v) is 2.38. The van der Waals surface area contributed by atoms with Crippen LogP contribution in [-0.2, 0) is 4.79 Å². The predicted molar refractivity (Wildman–Crippen MR) is 69.5 cm³/mol. The summed E-state index contributed by atoms with van der Waals surface area (Å²) >= 11 is 0. The second kappa shape index (κ2) is 6.07. The van der Waals surface area contributed by atoms with Crippen molar-refractivity contribution in [1.29, 1.82) is 0 Å². The van der Waals surface area contributed by atoms with Crippen molar-refractivity contribution in [3.05, 3.63) is 0 Å². The molecule has 104 valence electrons. The lowest BCUT2D eigenvalue weighted by Crippen LogP contribution is -2.52. The third-order valence-corrected chi connectivity index (χ3v) is 3.68. The van der Waals surface area contributed by atoms with Crippen LogP contribution < -0.4 is 5.32 Å². The Morgan fingerprint density at radius 1 is 1.33 bits per heavy atom. The Kier molecular flexibility index (Phi) is 4.99. The summed E-state index contributed by atoms with van der Waals surface area (Å²) in [6.07, 6.45) is 5.53.